The SMILES string of the molecule is C1=CC[C]([Co]([C]2=CC=CC2)([c]2ccccc2)([c]2ccccc2)([c]2ccccc2)[c]2ccccc2)=C1. The van der Waals surface area contributed by atoms with Crippen LogP contribution in [-0.2, 0) is 10.5 Å². The van der Waals surface area contributed by atoms with E-state index in [2.05, 4.69) is 158 Å². The van der Waals surface area contributed by atoms with Crippen molar-refractivity contribution in [1.29, 1.82) is 0 Å². The van der Waals surface area contributed by atoms with Gasteiger partial charge in [-0.1, -0.05) is 0 Å². The predicted molar refractivity (Wildman–Crippen MR) is 148 cm³/mol. The third-order valence-electron chi connectivity index (χ3n) is 7.29. The van der Waals surface area contributed by atoms with E-state index in [4.69, 9.17) is 0 Å². The summed E-state index contributed by atoms with van der Waals surface area (Å²) in [4.78, 5) is 0. The predicted octanol–water partition coefficient (Wildman–Crippen LogP) is 6.20. The van der Waals surface area contributed by atoms with Gasteiger partial charge in [0.05, 0.1) is 0 Å². The van der Waals surface area contributed by atoms with Gasteiger partial charge in [0.2, 0.25) is 0 Å². The van der Waals surface area contributed by atoms with Crippen molar-refractivity contribution in [3.05, 3.63) is 167 Å². The summed E-state index contributed by atoms with van der Waals surface area (Å²) in [5, 5.41) is 0. The first-order valence-electron chi connectivity index (χ1n) is 12.1. The molecule has 0 aliphatic heterocycles. The van der Waals surface area contributed by atoms with Crippen LogP contribution in [0.5, 0.6) is 0 Å². The summed E-state index contributed by atoms with van der Waals surface area (Å²) in [7, 11) is -4.31. The van der Waals surface area contributed by atoms with Gasteiger partial charge in [-0.2, -0.15) is 0 Å². The third-order valence-corrected chi connectivity index (χ3v) is 18.8. The van der Waals surface area contributed by atoms with E-state index < -0.39 is 10.5 Å². The monoisotopic (exact) mass is 497 g/mol. The van der Waals surface area contributed by atoms with Crippen LogP contribution in [0.25, 0.3) is 0 Å². The Bertz CT molecular complexity index is 1280. The number of hydrogen-bond acceptors (Lipinski definition) is 0. The Morgan fingerprint density at radius 1 is 0.371 bits per heavy atom. The number of hydrogen-bond donors (Lipinski definition) is 0. The van der Waals surface area contributed by atoms with E-state index in [0.717, 1.165) is 12.8 Å². The first kappa shape index (κ1) is 21.9. The van der Waals surface area contributed by atoms with Crippen molar-refractivity contribution in [2.45, 2.75) is 12.8 Å². The molecule has 0 fully saturated rings. The molecule has 0 saturated heterocycles. The quantitative estimate of drug-likeness (QED) is 0.298. The van der Waals surface area contributed by atoms with Crippen molar-refractivity contribution in [2.24, 2.45) is 0 Å². The molecular weight excluding hydrogens is 467 g/mol. The van der Waals surface area contributed by atoms with E-state index in [9.17, 15) is 0 Å². The maximum absolute atomic E-state index is 4.31. The van der Waals surface area contributed by atoms with Gasteiger partial charge in [-0.15, -0.1) is 0 Å². The van der Waals surface area contributed by atoms with Crippen molar-refractivity contribution >= 4 is 18.0 Å². The van der Waals surface area contributed by atoms with Gasteiger partial charge in [0.15, 0.2) is 0 Å². The molecule has 0 saturated carbocycles. The minimum absolute atomic E-state index is 0.917. The molecule has 0 unspecified atom stereocenters. The Hall–Kier alpha value is -3.65. The van der Waals surface area contributed by atoms with E-state index in [-0.39, 0.29) is 0 Å². The summed E-state index contributed by atoms with van der Waals surface area (Å²) < 4.78 is 8.49. The van der Waals surface area contributed by atoms with Crippen LogP contribution in [0.4, 0.5) is 0 Å². The molecule has 0 radical (unpaired) electrons. The van der Waals surface area contributed by atoms with Gasteiger partial charge >= 0.3 is 208 Å². The van der Waals surface area contributed by atoms with Gasteiger partial charge in [-0.3, -0.25) is 0 Å². The summed E-state index contributed by atoms with van der Waals surface area (Å²) in [6.07, 6.45) is 15.9. The van der Waals surface area contributed by atoms with Crippen LogP contribution in [0.2, 0.25) is 0 Å². The molecule has 1 heteroatoms. The number of rotatable bonds is 6. The Labute approximate surface area is 207 Å². The second kappa shape index (κ2) is 7.95. The standard InChI is InChI=1S/4C6H5.2C5H5.Co/c4*1-2-4-6-5-3-1;2*1-2-4-5-3-1;/h4*1-5H;2*1-3H,4H2;. The molecule has 175 valence electrons. The Kier molecular flexibility index (Phi) is 4.96. The van der Waals surface area contributed by atoms with Crippen LogP contribution in [-0.4, -0.2) is 0 Å². The Morgan fingerprint density at radius 2 is 0.657 bits per heavy atom. The molecule has 2 aliphatic carbocycles. The van der Waals surface area contributed by atoms with Gasteiger partial charge in [-0.25, -0.2) is 0 Å². The first-order chi connectivity index (χ1) is 17.3. The molecule has 2 aliphatic rings. The van der Waals surface area contributed by atoms with E-state index in [0.29, 0.717) is 0 Å². The molecule has 0 bridgehead atoms. The second-order valence-corrected chi connectivity index (χ2v) is 16.4. The first-order valence-corrected chi connectivity index (χ1v) is 15.2. The molecule has 0 spiro atoms. The van der Waals surface area contributed by atoms with Crippen LogP contribution >= 0.6 is 0 Å². The van der Waals surface area contributed by atoms with Gasteiger partial charge in [-0.05, 0) is 0 Å². The molecular formula is C34H30Co. The molecule has 4 aromatic carbocycles. The molecule has 0 heterocycles. The number of benzene rings is 4. The summed E-state index contributed by atoms with van der Waals surface area (Å²) in [6, 6.07) is 45.5. The molecule has 6 rings (SSSR count). The molecule has 4 aromatic rings. The average Bonchev–Trinajstić information content (AvgIpc) is 3.70. The van der Waals surface area contributed by atoms with Crippen molar-refractivity contribution in [3.63, 3.8) is 0 Å². The Morgan fingerprint density at radius 3 is 0.886 bits per heavy atom. The van der Waals surface area contributed by atoms with Crippen molar-refractivity contribution in [2.75, 3.05) is 0 Å². The fourth-order valence-corrected chi connectivity index (χ4v) is 18.2. The van der Waals surface area contributed by atoms with Crippen molar-refractivity contribution in [1.82, 2.24) is 0 Å². The fourth-order valence-electron chi connectivity index (χ4n) is 5.97. The summed E-state index contributed by atoms with van der Waals surface area (Å²) in [5.74, 6) is 0. The maximum atomic E-state index is 2.43. The zero-order valence-electron chi connectivity index (χ0n) is 19.8. The number of allylic oxidation sites excluding steroid dienone is 8. The van der Waals surface area contributed by atoms with Crippen molar-refractivity contribution < 1.29 is 10.5 Å². The van der Waals surface area contributed by atoms with Gasteiger partial charge in [0.1, 0.15) is 0 Å². The van der Waals surface area contributed by atoms with Gasteiger partial charge in [0.25, 0.3) is 0 Å². The molecule has 0 amide bonds. The van der Waals surface area contributed by atoms with Crippen molar-refractivity contribution in [3.8, 4) is 0 Å². The van der Waals surface area contributed by atoms with Crippen LogP contribution in [0, 0.1) is 0 Å². The van der Waals surface area contributed by atoms with E-state index in [1.807, 2.05) is 0 Å². The van der Waals surface area contributed by atoms with Crippen LogP contribution in [0.3, 0.4) is 0 Å². The average molecular weight is 498 g/mol. The topological polar surface area (TPSA) is 0 Å². The second-order valence-electron chi connectivity index (χ2n) is 8.76. The normalized spacial score (nSPS) is 16.9. The molecule has 0 N–H and O–H groups in total. The minimum atomic E-state index is -4.31. The van der Waals surface area contributed by atoms with E-state index in [1.54, 1.807) is 0 Å². The summed E-state index contributed by atoms with van der Waals surface area (Å²) >= 11 is 0. The fraction of sp³-hybridized carbons (Fsp3) is 0.0588. The molecule has 0 atom stereocenters. The summed E-state index contributed by atoms with van der Waals surface area (Å²) in [5.41, 5.74) is 0. The van der Waals surface area contributed by atoms with Gasteiger partial charge < -0.3 is 0 Å². The van der Waals surface area contributed by atoms with E-state index >= 15 is 0 Å². The molecule has 0 aromatic heterocycles. The zero-order valence-corrected chi connectivity index (χ0v) is 20.8. The zero-order chi connectivity index (χ0) is 23.7. The van der Waals surface area contributed by atoms with E-state index in [1.165, 1.54) is 27.0 Å². The van der Waals surface area contributed by atoms with Crippen LogP contribution in [0.15, 0.2) is 167 Å². The van der Waals surface area contributed by atoms with Crippen LogP contribution in [0.1, 0.15) is 12.8 Å². The van der Waals surface area contributed by atoms with Gasteiger partial charge in [0, 0.05) is 0 Å². The third kappa shape index (κ3) is 2.33. The summed E-state index contributed by atoms with van der Waals surface area (Å²) in [6.45, 7) is 0. The molecule has 35 heavy (non-hydrogen) atoms. The Balaban J connectivity index is 2.08. The molecule has 0 nitrogen and oxygen atoms in total. The van der Waals surface area contributed by atoms with Crippen LogP contribution < -0.4 is 18.0 Å².